The van der Waals surface area contributed by atoms with Gasteiger partial charge in [0.1, 0.15) is 5.75 Å². The Balaban J connectivity index is 3.12. The summed E-state index contributed by atoms with van der Waals surface area (Å²) in [5.74, 6) is -0.346. The van der Waals surface area contributed by atoms with Crippen LogP contribution in [0.25, 0.3) is 5.57 Å². The third kappa shape index (κ3) is 1.93. The van der Waals surface area contributed by atoms with Gasteiger partial charge in [-0.1, -0.05) is 18.7 Å². The Morgan fingerprint density at radius 3 is 2.64 bits per heavy atom. The van der Waals surface area contributed by atoms with Crippen LogP contribution in [-0.2, 0) is 4.79 Å². The van der Waals surface area contributed by atoms with Crippen LogP contribution in [0.5, 0.6) is 5.75 Å². The van der Waals surface area contributed by atoms with Gasteiger partial charge in [-0.25, -0.2) is 4.79 Å². The molecule has 0 atom stereocenters. The zero-order chi connectivity index (χ0) is 10.7. The molecule has 0 aliphatic carbocycles. The monoisotopic (exact) mass is 192 g/mol. The number of rotatable bonds is 3. The molecule has 3 heteroatoms. The number of aliphatic carboxylic acids is 1. The fourth-order valence-corrected chi connectivity index (χ4v) is 1.13. The smallest absolute Gasteiger partial charge is 0.335 e. The molecule has 0 unspecified atom stereocenters. The van der Waals surface area contributed by atoms with Crippen molar-refractivity contribution in [3.63, 3.8) is 0 Å². The lowest BCUT2D eigenvalue weighted by Gasteiger charge is -2.07. The second-order valence-electron chi connectivity index (χ2n) is 2.97. The number of hydrogen-bond acceptors (Lipinski definition) is 2. The van der Waals surface area contributed by atoms with Crippen molar-refractivity contribution in [2.24, 2.45) is 0 Å². The van der Waals surface area contributed by atoms with Gasteiger partial charge in [0.05, 0.1) is 12.7 Å². The second kappa shape index (κ2) is 3.96. The van der Waals surface area contributed by atoms with Crippen LogP contribution in [0.4, 0.5) is 0 Å². The maximum atomic E-state index is 10.6. The van der Waals surface area contributed by atoms with E-state index in [0.717, 1.165) is 5.56 Å². The van der Waals surface area contributed by atoms with Gasteiger partial charge in [-0.3, -0.25) is 0 Å². The molecule has 0 fully saturated rings. The molecule has 1 aromatic carbocycles. The normalized spacial score (nSPS) is 9.57. The first-order chi connectivity index (χ1) is 6.56. The minimum Gasteiger partial charge on any atom is -0.496 e. The Morgan fingerprint density at radius 2 is 2.14 bits per heavy atom. The van der Waals surface area contributed by atoms with Crippen LogP contribution in [0, 0.1) is 6.92 Å². The van der Waals surface area contributed by atoms with Gasteiger partial charge in [0.25, 0.3) is 0 Å². The molecule has 14 heavy (non-hydrogen) atoms. The van der Waals surface area contributed by atoms with E-state index >= 15 is 0 Å². The molecule has 0 amide bonds. The average molecular weight is 192 g/mol. The predicted molar refractivity (Wildman–Crippen MR) is 54.4 cm³/mol. The van der Waals surface area contributed by atoms with Gasteiger partial charge < -0.3 is 9.84 Å². The standard InChI is InChI=1S/C11H12O3/c1-7-4-5-9(6-10(7)14-3)8(2)11(12)13/h4-6H,2H2,1,3H3,(H,12,13). The molecule has 0 aromatic heterocycles. The summed E-state index contributed by atoms with van der Waals surface area (Å²) >= 11 is 0. The summed E-state index contributed by atoms with van der Waals surface area (Å²) in [6.07, 6.45) is 0. The Bertz CT molecular complexity index is 380. The Morgan fingerprint density at radius 1 is 1.50 bits per heavy atom. The number of ether oxygens (including phenoxy) is 1. The van der Waals surface area contributed by atoms with E-state index in [2.05, 4.69) is 6.58 Å². The zero-order valence-electron chi connectivity index (χ0n) is 8.20. The molecule has 0 saturated carbocycles. The van der Waals surface area contributed by atoms with E-state index in [1.807, 2.05) is 13.0 Å². The van der Waals surface area contributed by atoms with Crippen LogP contribution >= 0.6 is 0 Å². The van der Waals surface area contributed by atoms with E-state index in [-0.39, 0.29) is 5.57 Å². The molecule has 0 aliphatic heterocycles. The maximum absolute atomic E-state index is 10.6. The quantitative estimate of drug-likeness (QED) is 0.746. The Kier molecular flexibility index (Phi) is 2.92. The summed E-state index contributed by atoms with van der Waals surface area (Å²) in [4.78, 5) is 10.6. The van der Waals surface area contributed by atoms with Gasteiger partial charge in [-0.15, -0.1) is 0 Å². The first-order valence-corrected chi connectivity index (χ1v) is 4.13. The summed E-state index contributed by atoms with van der Waals surface area (Å²) < 4.78 is 5.08. The van der Waals surface area contributed by atoms with Crippen molar-refractivity contribution < 1.29 is 14.6 Å². The summed E-state index contributed by atoms with van der Waals surface area (Å²) in [6, 6.07) is 5.20. The summed E-state index contributed by atoms with van der Waals surface area (Å²) in [5, 5.41) is 8.73. The van der Waals surface area contributed by atoms with E-state index in [9.17, 15) is 4.79 Å². The highest BCUT2D eigenvalue weighted by Crippen LogP contribution is 2.22. The van der Waals surface area contributed by atoms with Crippen molar-refractivity contribution in [1.82, 2.24) is 0 Å². The lowest BCUT2D eigenvalue weighted by Crippen LogP contribution is -1.98. The van der Waals surface area contributed by atoms with E-state index in [0.29, 0.717) is 11.3 Å². The maximum Gasteiger partial charge on any atom is 0.335 e. The average Bonchev–Trinajstić information content (AvgIpc) is 2.17. The number of hydrogen-bond donors (Lipinski definition) is 1. The van der Waals surface area contributed by atoms with E-state index in [4.69, 9.17) is 9.84 Å². The number of methoxy groups -OCH3 is 1. The number of aryl methyl sites for hydroxylation is 1. The molecule has 74 valence electrons. The molecule has 0 heterocycles. The van der Waals surface area contributed by atoms with Gasteiger partial charge in [0, 0.05) is 0 Å². The molecular weight excluding hydrogens is 180 g/mol. The second-order valence-corrected chi connectivity index (χ2v) is 2.97. The fraction of sp³-hybridized carbons (Fsp3) is 0.182. The number of carboxylic acid groups (broad SMARTS) is 1. The predicted octanol–water partition coefficient (Wildman–Crippen LogP) is 2.10. The Labute approximate surface area is 82.6 Å². The highest BCUT2D eigenvalue weighted by Gasteiger charge is 2.08. The number of carbonyl (C=O) groups is 1. The molecule has 3 nitrogen and oxygen atoms in total. The van der Waals surface area contributed by atoms with E-state index in [1.165, 1.54) is 0 Å². The van der Waals surface area contributed by atoms with Crippen LogP contribution in [0.15, 0.2) is 24.8 Å². The van der Waals surface area contributed by atoms with Crippen molar-refractivity contribution in [3.05, 3.63) is 35.9 Å². The summed E-state index contributed by atoms with van der Waals surface area (Å²) in [6.45, 7) is 5.37. The molecular formula is C11H12O3. The molecule has 1 rings (SSSR count). The minimum absolute atomic E-state index is 0.0725. The Hall–Kier alpha value is -1.77. The molecule has 0 saturated heterocycles. The molecule has 1 N–H and O–H groups in total. The summed E-state index contributed by atoms with van der Waals surface area (Å²) in [7, 11) is 1.55. The number of benzene rings is 1. The van der Waals surface area contributed by atoms with Crippen molar-refractivity contribution >= 4 is 11.5 Å². The van der Waals surface area contributed by atoms with Crippen molar-refractivity contribution in [1.29, 1.82) is 0 Å². The number of carboxylic acids is 1. The summed E-state index contributed by atoms with van der Waals surface area (Å²) in [5.41, 5.74) is 1.61. The lowest BCUT2D eigenvalue weighted by molar-refractivity contribution is -0.130. The van der Waals surface area contributed by atoms with Crippen LogP contribution in [-0.4, -0.2) is 18.2 Å². The SMILES string of the molecule is C=C(C(=O)O)c1ccc(C)c(OC)c1. The van der Waals surface area contributed by atoms with Gasteiger partial charge in [-0.05, 0) is 24.1 Å². The molecule has 0 bridgehead atoms. The van der Waals surface area contributed by atoms with Crippen molar-refractivity contribution in [2.75, 3.05) is 7.11 Å². The van der Waals surface area contributed by atoms with Crippen LogP contribution in [0.1, 0.15) is 11.1 Å². The highest BCUT2D eigenvalue weighted by atomic mass is 16.5. The first kappa shape index (κ1) is 10.3. The fourth-order valence-electron chi connectivity index (χ4n) is 1.13. The van der Waals surface area contributed by atoms with E-state index in [1.54, 1.807) is 19.2 Å². The van der Waals surface area contributed by atoms with Crippen LogP contribution in [0.2, 0.25) is 0 Å². The van der Waals surface area contributed by atoms with Crippen LogP contribution < -0.4 is 4.74 Å². The molecule has 0 spiro atoms. The molecule has 0 aliphatic rings. The third-order valence-electron chi connectivity index (χ3n) is 2.01. The van der Waals surface area contributed by atoms with Crippen molar-refractivity contribution in [3.8, 4) is 5.75 Å². The van der Waals surface area contributed by atoms with Gasteiger partial charge in [0.2, 0.25) is 0 Å². The molecule has 1 aromatic rings. The topological polar surface area (TPSA) is 46.5 Å². The van der Waals surface area contributed by atoms with E-state index < -0.39 is 5.97 Å². The zero-order valence-corrected chi connectivity index (χ0v) is 8.20. The largest absolute Gasteiger partial charge is 0.496 e. The molecule has 0 radical (unpaired) electrons. The van der Waals surface area contributed by atoms with Gasteiger partial charge in [0.15, 0.2) is 0 Å². The minimum atomic E-state index is -1.02. The van der Waals surface area contributed by atoms with Crippen molar-refractivity contribution in [2.45, 2.75) is 6.92 Å². The van der Waals surface area contributed by atoms with Crippen LogP contribution in [0.3, 0.4) is 0 Å². The van der Waals surface area contributed by atoms with Gasteiger partial charge in [-0.2, -0.15) is 0 Å². The highest BCUT2D eigenvalue weighted by molar-refractivity contribution is 6.14. The third-order valence-corrected chi connectivity index (χ3v) is 2.01. The lowest BCUT2D eigenvalue weighted by atomic mass is 10.1. The van der Waals surface area contributed by atoms with Gasteiger partial charge >= 0.3 is 5.97 Å². The first-order valence-electron chi connectivity index (χ1n) is 4.13.